The molecule has 0 amide bonds. The Kier molecular flexibility index (Phi) is 4.09. The van der Waals surface area contributed by atoms with Crippen molar-refractivity contribution in [3.63, 3.8) is 0 Å². The fraction of sp³-hybridized carbons (Fsp3) is 0.231. The van der Waals surface area contributed by atoms with E-state index in [0.717, 1.165) is 23.4 Å². The van der Waals surface area contributed by atoms with Crippen molar-refractivity contribution in [3.05, 3.63) is 52.9 Å². The molecule has 0 N–H and O–H groups in total. The Hall–Kier alpha value is -1.42. The molecule has 2 rings (SSSR count). The topological polar surface area (TPSA) is 29.0 Å². The summed E-state index contributed by atoms with van der Waals surface area (Å²) in [6.07, 6.45) is 5.46. The molecule has 2 aromatic heterocycles. The maximum atomic E-state index is 4.41. The van der Waals surface area contributed by atoms with Crippen molar-refractivity contribution in [1.29, 1.82) is 0 Å². The third kappa shape index (κ3) is 3.27. The van der Waals surface area contributed by atoms with Gasteiger partial charge in [-0.25, -0.2) is 4.98 Å². The molecule has 0 aromatic carbocycles. The van der Waals surface area contributed by atoms with Crippen molar-refractivity contribution in [2.75, 3.05) is 11.4 Å². The highest BCUT2D eigenvalue weighted by Gasteiger charge is 2.06. The summed E-state index contributed by atoms with van der Waals surface area (Å²) in [6, 6.07) is 8.09. The van der Waals surface area contributed by atoms with Gasteiger partial charge >= 0.3 is 0 Å². The molecule has 0 radical (unpaired) electrons. The van der Waals surface area contributed by atoms with Gasteiger partial charge in [-0.3, -0.25) is 4.98 Å². The number of halogens is 1. The quantitative estimate of drug-likeness (QED) is 0.866. The van der Waals surface area contributed by atoms with Crippen LogP contribution >= 0.6 is 15.9 Å². The molecule has 0 saturated heterocycles. The molecule has 0 aliphatic rings. The van der Waals surface area contributed by atoms with E-state index in [2.05, 4.69) is 37.7 Å². The first-order valence-electron chi connectivity index (χ1n) is 5.55. The van der Waals surface area contributed by atoms with E-state index in [1.165, 1.54) is 5.56 Å². The summed E-state index contributed by atoms with van der Waals surface area (Å²) in [5.41, 5.74) is 1.24. The van der Waals surface area contributed by atoms with E-state index in [4.69, 9.17) is 0 Å². The van der Waals surface area contributed by atoms with Gasteiger partial charge in [-0.1, -0.05) is 0 Å². The minimum absolute atomic E-state index is 0.855. The molecule has 4 heteroatoms. The zero-order valence-electron chi connectivity index (χ0n) is 9.68. The lowest BCUT2D eigenvalue weighted by atomic mass is 10.2. The van der Waals surface area contributed by atoms with Gasteiger partial charge < -0.3 is 4.90 Å². The van der Waals surface area contributed by atoms with Crippen LogP contribution in [0.5, 0.6) is 0 Å². The van der Waals surface area contributed by atoms with Crippen molar-refractivity contribution in [3.8, 4) is 0 Å². The fourth-order valence-corrected chi connectivity index (χ4v) is 1.85. The van der Waals surface area contributed by atoms with Gasteiger partial charge in [0.15, 0.2) is 0 Å². The Morgan fingerprint density at radius 3 is 2.53 bits per heavy atom. The van der Waals surface area contributed by atoms with Crippen molar-refractivity contribution >= 4 is 21.7 Å². The second-order valence-electron chi connectivity index (χ2n) is 3.70. The number of hydrogen-bond donors (Lipinski definition) is 0. The van der Waals surface area contributed by atoms with Crippen molar-refractivity contribution in [2.24, 2.45) is 0 Å². The second kappa shape index (κ2) is 5.77. The van der Waals surface area contributed by atoms with Crippen LogP contribution in [-0.4, -0.2) is 16.5 Å². The smallest absolute Gasteiger partial charge is 0.128 e. The number of aromatic nitrogens is 2. The molecule has 0 fully saturated rings. The second-order valence-corrected chi connectivity index (χ2v) is 4.62. The van der Waals surface area contributed by atoms with Gasteiger partial charge in [-0.2, -0.15) is 0 Å². The zero-order valence-corrected chi connectivity index (χ0v) is 11.3. The molecule has 0 saturated carbocycles. The van der Waals surface area contributed by atoms with E-state index in [9.17, 15) is 0 Å². The number of hydrogen-bond acceptors (Lipinski definition) is 3. The van der Waals surface area contributed by atoms with E-state index in [1.807, 2.05) is 42.9 Å². The van der Waals surface area contributed by atoms with Crippen LogP contribution in [0.4, 0.5) is 5.82 Å². The minimum atomic E-state index is 0.855. The van der Waals surface area contributed by atoms with Crippen LogP contribution in [-0.2, 0) is 6.54 Å². The van der Waals surface area contributed by atoms with Gasteiger partial charge in [0.25, 0.3) is 0 Å². The first-order chi connectivity index (χ1) is 8.29. The van der Waals surface area contributed by atoms with E-state index in [0.29, 0.717) is 0 Å². The van der Waals surface area contributed by atoms with Gasteiger partial charge in [-0.05, 0) is 52.7 Å². The Labute approximate surface area is 110 Å². The Morgan fingerprint density at radius 1 is 1.18 bits per heavy atom. The van der Waals surface area contributed by atoms with E-state index in [1.54, 1.807) is 0 Å². The normalized spacial score (nSPS) is 10.2. The number of pyridine rings is 2. The lowest BCUT2D eigenvalue weighted by Gasteiger charge is -2.21. The molecule has 0 aliphatic carbocycles. The molecule has 2 aromatic rings. The lowest BCUT2D eigenvalue weighted by Crippen LogP contribution is -2.22. The molecule has 0 unspecified atom stereocenters. The maximum absolute atomic E-state index is 4.41. The molecule has 0 atom stereocenters. The highest BCUT2D eigenvalue weighted by molar-refractivity contribution is 9.10. The van der Waals surface area contributed by atoms with Gasteiger partial charge in [0, 0.05) is 36.2 Å². The summed E-state index contributed by atoms with van der Waals surface area (Å²) in [7, 11) is 0. The number of anilines is 1. The predicted octanol–water partition coefficient (Wildman–Crippen LogP) is 3.27. The molecule has 88 valence electrons. The van der Waals surface area contributed by atoms with Crippen LogP contribution in [0.25, 0.3) is 0 Å². The summed E-state index contributed by atoms with van der Waals surface area (Å²) in [5, 5.41) is 0. The lowest BCUT2D eigenvalue weighted by molar-refractivity contribution is 0.812. The third-order valence-electron chi connectivity index (χ3n) is 2.54. The zero-order chi connectivity index (χ0) is 12.1. The molecule has 0 bridgehead atoms. The summed E-state index contributed by atoms with van der Waals surface area (Å²) in [4.78, 5) is 10.7. The van der Waals surface area contributed by atoms with Gasteiger partial charge in [-0.15, -0.1) is 0 Å². The van der Waals surface area contributed by atoms with Crippen LogP contribution in [0.2, 0.25) is 0 Å². The predicted molar refractivity (Wildman–Crippen MR) is 72.9 cm³/mol. The highest BCUT2D eigenvalue weighted by atomic mass is 79.9. The van der Waals surface area contributed by atoms with Crippen LogP contribution < -0.4 is 4.90 Å². The standard InChI is InChI=1S/C13H14BrN3/c1-2-17(10-11-5-7-15-8-6-11)13-4-3-12(14)9-16-13/h3-9H,2,10H2,1H3. The highest BCUT2D eigenvalue weighted by Crippen LogP contribution is 2.16. The van der Waals surface area contributed by atoms with Gasteiger partial charge in [0.05, 0.1) is 0 Å². The van der Waals surface area contributed by atoms with Crippen molar-refractivity contribution < 1.29 is 0 Å². The molecule has 0 aliphatic heterocycles. The molecule has 2 heterocycles. The van der Waals surface area contributed by atoms with Crippen molar-refractivity contribution in [2.45, 2.75) is 13.5 Å². The number of rotatable bonds is 4. The summed E-state index contributed by atoms with van der Waals surface area (Å²) < 4.78 is 1.00. The Morgan fingerprint density at radius 2 is 1.94 bits per heavy atom. The average molecular weight is 292 g/mol. The summed E-state index contributed by atoms with van der Waals surface area (Å²) in [5.74, 6) is 0.993. The Balaban J connectivity index is 2.14. The van der Waals surface area contributed by atoms with Crippen LogP contribution in [0.15, 0.2) is 47.3 Å². The van der Waals surface area contributed by atoms with E-state index in [-0.39, 0.29) is 0 Å². The molecule has 3 nitrogen and oxygen atoms in total. The van der Waals surface area contributed by atoms with Gasteiger partial charge in [0.2, 0.25) is 0 Å². The molecular weight excluding hydrogens is 278 g/mol. The van der Waals surface area contributed by atoms with E-state index < -0.39 is 0 Å². The fourth-order valence-electron chi connectivity index (χ4n) is 1.62. The maximum Gasteiger partial charge on any atom is 0.128 e. The first-order valence-corrected chi connectivity index (χ1v) is 6.34. The van der Waals surface area contributed by atoms with Crippen LogP contribution in [0.1, 0.15) is 12.5 Å². The largest absolute Gasteiger partial charge is 0.353 e. The first kappa shape index (κ1) is 12.0. The summed E-state index contributed by atoms with van der Waals surface area (Å²) >= 11 is 3.39. The van der Waals surface area contributed by atoms with Crippen LogP contribution in [0, 0.1) is 0 Å². The van der Waals surface area contributed by atoms with E-state index >= 15 is 0 Å². The van der Waals surface area contributed by atoms with Crippen molar-refractivity contribution in [1.82, 2.24) is 9.97 Å². The monoisotopic (exact) mass is 291 g/mol. The van der Waals surface area contributed by atoms with Crippen LogP contribution in [0.3, 0.4) is 0 Å². The SMILES string of the molecule is CCN(Cc1ccncc1)c1ccc(Br)cn1. The minimum Gasteiger partial charge on any atom is -0.353 e. The molecular formula is C13H14BrN3. The van der Waals surface area contributed by atoms with Gasteiger partial charge in [0.1, 0.15) is 5.82 Å². The molecule has 0 spiro atoms. The Bertz CT molecular complexity index is 456. The average Bonchev–Trinajstić information content (AvgIpc) is 2.38. The summed E-state index contributed by atoms with van der Waals surface area (Å²) in [6.45, 7) is 3.91. The number of nitrogens with zero attached hydrogens (tertiary/aromatic N) is 3. The molecule has 17 heavy (non-hydrogen) atoms. The third-order valence-corrected chi connectivity index (χ3v) is 3.01.